The molecule has 1 aliphatic heterocycles. The van der Waals surface area contributed by atoms with Crippen LogP contribution in [0.25, 0.3) is 0 Å². The first-order valence-electron chi connectivity index (χ1n) is 6.18. The van der Waals surface area contributed by atoms with Crippen LogP contribution in [0.2, 0.25) is 0 Å². The third kappa shape index (κ3) is 2.56. The SMILES string of the molecule is CC(CN)CN1CCNc2ccc(C(=O)O)cc21. The highest BCUT2D eigenvalue weighted by Crippen LogP contribution is 2.30. The van der Waals surface area contributed by atoms with Crippen molar-refractivity contribution in [2.24, 2.45) is 11.7 Å². The van der Waals surface area contributed by atoms with Crippen molar-refractivity contribution in [2.45, 2.75) is 6.92 Å². The molecule has 5 heteroatoms. The zero-order chi connectivity index (χ0) is 13.1. The van der Waals surface area contributed by atoms with E-state index in [1.54, 1.807) is 12.1 Å². The zero-order valence-electron chi connectivity index (χ0n) is 10.5. The van der Waals surface area contributed by atoms with E-state index in [0.29, 0.717) is 18.0 Å². The van der Waals surface area contributed by atoms with E-state index in [1.165, 1.54) is 0 Å². The molecule has 0 radical (unpaired) electrons. The van der Waals surface area contributed by atoms with Gasteiger partial charge in [-0.25, -0.2) is 4.79 Å². The third-order valence-electron chi connectivity index (χ3n) is 3.22. The number of fused-ring (bicyclic) bond motifs is 1. The van der Waals surface area contributed by atoms with E-state index in [-0.39, 0.29) is 0 Å². The molecule has 1 aliphatic rings. The number of rotatable bonds is 4. The fraction of sp³-hybridized carbons (Fsp3) is 0.462. The summed E-state index contributed by atoms with van der Waals surface area (Å²) in [6.07, 6.45) is 0. The van der Waals surface area contributed by atoms with E-state index < -0.39 is 5.97 Å². The van der Waals surface area contributed by atoms with Gasteiger partial charge in [0.25, 0.3) is 0 Å². The molecule has 0 aliphatic carbocycles. The lowest BCUT2D eigenvalue weighted by atomic mass is 10.1. The number of aromatic carboxylic acids is 1. The summed E-state index contributed by atoms with van der Waals surface area (Å²) in [5.74, 6) is -0.500. The minimum atomic E-state index is -0.893. The number of carbonyl (C=O) groups is 1. The lowest BCUT2D eigenvalue weighted by Gasteiger charge is -2.34. The van der Waals surface area contributed by atoms with Crippen molar-refractivity contribution in [3.63, 3.8) is 0 Å². The summed E-state index contributed by atoms with van der Waals surface area (Å²) < 4.78 is 0. The maximum atomic E-state index is 11.0. The second-order valence-electron chi connectivity index (χ2n) is 4.75. The molecule has 2 rings (SSSR count). The van der Waals surface area contributed by atoms with Crippen LogP contribution in [-0.4, -0.2) is 37.3 Å². The molecule has 0 saturated carbocycles. The number of benzene rings is 1. The van der Waals surface area contributed by atoms with Crippen LogP contribution in [0.1, 0.15) is 17.3 Å². The smallest absolute Gasteiger partial charge is 0.335 e. The first-order valence-corrected chi connectivity index (χ1v) is 6.18. The monoisotopic (exact) mass is 249 g/mol. The van der Waals surface area contributed by atoms with E-state index in [0.717, 1.165) is 31.0 Å². The van der Waals surface area contributed by atoms with Crippen LogP contribution in [-0.2, 0) is 0 Å². The number of carboxylic acid groups (broad SMARTS) is 1. The second-order valence-corrected chi connectivity index (χ2v) is 4.75. The van der Waals surface area contributed by atoms with Gasteiger partial charge in [0.15, 0.2) is 0 Å². The molecule has 1 atom stereocenters. The predicted molar refractivity (Wildman–Crippen MR) is 72.3 cm³/mol. The number of hydrogen-bond acceptors (Lipinski definition) is 4. The van der Waals surface area contributed by atoms with Gasteiger partial charge in [-0.3, -0.25) is 0 Å². The third-order valence-corrected chi connectivity index (χ3v) is 3.22. The van der Waals surface area contributed by atoms with Gasteiger partial charge < -0.3 is 21.1 Å². The molecule has 4 N–H and O–H groups in total. The van der Waals surface area contributed by atoms with Gasteiger partial charge in [-0.15, -0.1) is 0 Å². The molecular formula is C13H19N3O2. The summed E-state index contributed by atoms with van der Waals surface area (Å²) in [6.45, 7) is 5.34. The molecule has 0 fully saturated rings. The quantitative estimate of drug-likeness (QED) is 0.747. The molecule has 1 heterocycles. The van der Waals surface area contributed by atoms with Gasteiger partial charge in [0.1, 0.15) is 0 Å². The average Bonchev–Trinajstić information content (AvgIpc) is 2.38. The molecular weight excluding hydrogens is 230 g/mol. The molecule has 0 amide bonds. The number of nitrogens with one attached hydrogen (secondary N) is 1. The van der Waals surface area contributed by atoms with Gasteiger partial charge >= 0.3 is 5.97 Å². The van der Waals surface area contributed by atoms with Crippen LogP contribution in [0.4, 0.5) is 11.4 Å². The number of hydrogen-bond donors (Lipinski definition) is 3. The van der Waals surface area contributed by atoms with Crippen molar-refractivity contribution >= 4 is 17.3 Å². The number of anilines is 2. The van der Waals surface area contributed by atoms with Crippen molar-refractivity contribution < 1.29 is 9.90 Å². The Morgan fingerprint density at radius 2 is 2.39 bits per heavy atom. The summed E-state index contributed by atoms with van der Waals surface area (Å²) in [4.78, 5) is 13.2. The lowest BCUT2D eigenvalue weighted by Crippen LogP contribution is -2.38. The molecule has 98 valence electrons. The number of nitrogens with zero attached hydrogens (tertiary/aromatic N) is 1. The van der Waals surface area contributed by atoms with Crippen LogP contribution in [0, 0.1) is 5.92 Å². The topological polar surface area (TPSA) is 78.6 Å². The summed E-state index contributed by atoms with van der Waals surface area (Å²) in [5, 5.41) is 12.3. The Balaban J connectivity index is 2.28. The van der Waals surface area contributed by atoms with Crippen LogP contribution in [0.15, 0.2) is 18.2 Å². The van der Waals surface area contributed by atoms with Crippen molar-refractivity contribution in [1.82, 2.24) is 0 Å². The Morgan fingerprint density at radius 1 is 1.61 bits per heavy atom. The van der Waals surface area contributed by atoms with Crippen LogP contribution < -0.4 is 16.0 Å². The van der Waals surface area contributed by atoms with Gasteiger partial charge in [-0.05, 0) is 30.7 Å². The molecule has 1 aromatic rings. The largest absolute Gasteiger partial charge is 0.478 e. The Morgan fingerprint density at radius 3 is 3.06 bits per heavy atom. The van der Waals surface area contributed by atoms with E-state index in [2.05, 4.69) is 17.1 Å². The standard InChI is InChI=1S/C13H19N3O2/c1-9(7-14)8-16-5-4-15-11-3-2-10(13(17)18)6-12(11)16/h2-3,6,9,15H,4-5,7-8,14H2,1H3,(H,17,18). The van der Waals surface area contributed by atoms with Crippen LogP contribution in [0.5, 0.6) is 0 Å². The maximum Gasteiger partial charge on any atom is 0.335 e. The van der Waals surface area contributed by atoms with Gasteiger partial charge in [0.05, 0.1) is 16.9 Å². The summed E-state index contributed by atoms with van der Waals surface area (Å²) in [7, 11) is 0. The molecule has 1 aromatic carbocycles. The van der Waals surface area contributed by atoms with Crippen molar-refractivity contribution in [3.8, 4) is 0 Å². The highest BCUT2D eigenvalue weighted by molar-refractivity contribution is 5.91. The van der Waals surface area contributed by atoms with Crippen molar-refractivity contribution in [3.05, 3.63) is 23.8 Å². The normalized spacial score (nSPS) is 15.8. The summed E-state index contributed by atoms with van der Waals surface area (Å²) in [6, 6.07) is 5.19. The van der Waals surface area contributed by atoms with E-state index in [1.807, 2.05) is 6.07 Å². The minimum Gasteiger partial charge on any atom is -0.478 e. The van der Waals surface area contributed by atoms with E-state index >= 15 is 0 Å². The van der Waals surface area contributed by atoms with Gasteiger partial charge in [-0.2, -0.15) is 0 Å². The molecule has 0 spiro atoms. The molecule has 1 unspecified atom stereocenters. The van der Waals surface area contributed by atoms with E-state index in [4.69, 9.17) is 10.8 Å². The highest BCUT2D eigenvalue weighted by atomic mass is 16.4. The first kappa shape index (κ1) is 12.7. The highest BCUT2D eigenvalue weighted by Gasteiger charge is 2.19. The minimum absolute atomic E-state index is 0.322. The predicted octanol–water partition coefficient (Wildman–Crippen LogP) is 1.21. The van der Waals surface area contributed by atoms with E-state index in [9.17, 15) is 4.79 Å². The number of nitrogens with two attached hydrogens (primary N) is 1. The molecule has 18 heavy (non-hydrogen) atoms. The Hall–Kier alpha value is -1.75. The average molecular weight is 249 g/mol. The zero-order valence-corrected chi connectivity index (χ0v) is 10.5. The fourth-order valence-electron chi connectivity index (χ4n) is 2.16. The lowest BCUT2D eigenvalue weighted by molar-refractivity contribution is 0.0697. The van der Waals surface area contributed by atoms with Crippen LogP contribution in [0.3, 0.4) is 0 Å². The second kappa shape index (κ2) is 5.27. The molecule has 0 bridgehead atoms. The summed E-state index contributed by atoms with van der Waals surface area (Å²) in [5.41, 5.74) is 7.93. The van der Waals surface area contributed by atoms with Crippen molar-refractivity contribution in [2.75, 3.05) is 36.4 Å². The Bertz CT molecular complexity index is 448. The fourth-order valence-corrected chi connectivity index (χ4v) is 2.16. The first-order chi connectivity index (χ1) is 8.61. The number of carboxylic acids is 1. The summed E-state index contributed by atoms with van der Waals surface area (Å²) >= 11 is 0. The molecule has 0 saturated heterocycles. The Labute approximate surface area is 107 Å². The van der Waals surface area contributed by atoms with Gasteiger partial charge in [0.2, 0.25) is 0 Å². The molecule has 0 aromatic heterocycles. The molecule has 5 nitrogen and oxygen atoms in total. The van der Waals surface area contributed by atoms with Crippen molar-refractivity contribution in [1.29, 1.82) is 0 Å². The van der Waals surface area contributed by atoms with Crippen LogP contribution >= 0.6 is 0 Å². The van der Waals surface area contributed by atoms with Gasteiger partial charge in [0, 0.05) is 19.6 Å². The maximum absolute atomic E-state index is 11.0. The Kier molecular flexibility index (Phi) is 3.72. The van der Waals surface area contributed by atoms with Gasteiger partial charge in [-0.1, -0.05) is 6.92 Å².